The Labute approximate surface area is 276 Å². The van der Waals surface area contributed by atoms with Crippen molar-refractivity contribution < 1.29 is 41.4 Å². The number of alkyl halides is 3. The fourth-order valence-electron chi connectivity index (χ4n) is 5.03. The number of ether oxygens (including phenoxy) is 1. The Hall–Kier alpha value is -4.88. The van der Waals surface area contributed by atoms with Gasteiger partial charge in [0.05, 0.1) is 12.8 Å². The number of carboxylic acid groups (broad SMARTS) is 1. The Balaban J connectivity index is 0.000000671. The summed E-state index contributed by atoms with van der Waals surface area (Å²) in [5, 5.41) is 21.3. The van der Waals surface area contributed by atoms with Crippen molar-refractivity contribution in [2.24, 2.45) is 0 Å². The molecule has 0 radical (unpaired) electrons. The molecular formula is C32H31F5N6O4S. The molecular weight excluding hydrogens is 659 g/mol. The maximum absolute atomic E-state index is 15.9. The summed E-state index contributed by atoms with van der Waals surface area (Å²) in [4.78, 5) is 35.1. The number of fused-ring (bicyclic) bond motifs is 1. The number of piperazine rings is 1. The number of hydrogen-bond acceptors (Lipinski definition) is 10. The second-order valence-electron chi connectivity index (χ2n) is 10.8. The van der Waals surface area contributed by atoms with E-state index in [-0.39, 0.29) is 17.3 Å². The lowest BCUT2D eigenvalue weighted by Gasteiger charge is -2.36. The number of carbonyl (C=O) groups excluding carboxylic acids is 1. The second-order valence-corrected chi connectivity index (χ2v) is 11.8. The van der Waals surface area contributed by atoms with E-state index in [1.54, 1.807) is 12.1 Å². The number of aromatic nitrogens is 2. The SMILES string of the molecule is CCN(c1nc(-c2ccc(F)cc2)c(C#N)s1)c1cc(C(C)C)nc2c(F)cc(N3CCNCC3C(=O)OC)cc12.O=C(O)C(F)(F)F. The third-order valence-corrected chi connectivity index (χ3v) is 8.39. The number of nitrogens with one attached hydrogen (secondary N) is 1. The first-order valence-electron chi connectivity index (χ1n) is 14.6. The third kappa shape index (κ3) is 7.80. The molecule has 1 aliphatic heterocycles. The van der Waals surface area contributed by atoms with Gasteiger partial charge in [-0.1, -0.05) is 25.2 Å². The van der Waals surface area contributed by atoms with Gasteiger partial charge >= 0.3 is 18.1 Å². The van der Waals surface area contributed by atoms with Crippen LogP contribution in [0, 0.1) is 23.0 Å². The Kier molecular flexibility index (Phi) is 11.2. The Bertz CT molecular complexity index is 1840. The predicted octanol–water partition coefficient (Wildman–Crippen LogP) is 6.37. The van der Waals surface area contributed by atoms with E-state index in [1.165, 1.54) is 36.6 Å². The van der Waals surface area contributed by atoms with Gasteiger partial charge in [-0.3, -0.25) is 0 Å². The molecule has 4 aromatic rings. The Morgan fingerprint density at radius 1 is 1.19 bits per heavy atom. The number of aliphatic carboxylic acids is 1. The molecule has 10 nitrogen and oxygen atoms in total. The Morgan fingerprint density at radius 2 is 1.85 bits per heavy atom. The lowest BCUT2D eigenvalue weighted by molar-refractivity contribution is -0.192. The molecule has 0 saturated carbocycles. The number of anilines is 3. The highest BCUT2D eigenvalue weighted by atomic mass is 32.1. The van der Waals surface area contributed by atoms with Crippen molar-refractivity contribution in [2.45, 2.75) is 38.9 Å². The van der Waals surface area contributed by atoms with Gasteiger partial charge in [-0.2, -0.15) is 18.4 Å². The predicted molar refractivity (Wildman–Crippen MR) is 170 cm³/mol. The summed E-state index contributed by atoms with van der Waals surface area (Å²) in [7, 11) is 1.34. The number of pyridine rings is 1. The maximum atomic E-state index is 15.9. The van der Waals surface area contributed by atoms with Gasteiger partial charge in [0.1, 0.15) is 34.0 Å². The van der Waals surface area contributed by atoms with Crippen molar-refractivity contribution in [1.29, 1.82) is 5.26 Å². The topological polar surface area (TPSA) is 132 Å². The zero-order valence-corrected chi connectivity index (χ0v) is 27.0. The number of benzene rings is 2. The van der Waals surface area contributed by atoms with Crippen molar-refractivity contribution in [3.8, 4) is 17.3 Å². The van der Waals surface area contributed by atoms with Crippen LogP contribution in [0.1, 0.15) is 37.3 Å². The first kappa shape index (κ1) is 36.0. The summed E-state index contributed by atoms with van der Waals surface area (Å²) in [5.74, 6) is -4.01. The summed E-state index contributed by atoms with van der Waals surface area (Å²) in [6, 6.07) is 12.7. The average Bonchev–Trinajstić information content (AvgIpc) is 3.49. The molecule has 3 heterocycles. The maximum Gasteiger partial charge on any atom is 0.490 e. The number of rotatable bonds is 7. The van der Waals surface area contributed by atoms with Crippen molar-refractivity contribution in [3.63, 3.8) is 0 Å². The Morgan fingerprint density at radius 3 is 2.42 bits per heavy atom. The van der Waals surface area contributed by atoms with Crippen LogP contribution in [0.2, 0.25) is 0 Å². The summed E-state index contributed by atoms with van der Waals surface area (Å²) in [5.41, 5.74) is 3.26. The second kappa shape index (κ2) is 14.9. The van der Waals surface area contributed by atoms with E-state index in [9.17, 15) is 27.6 Å². The summed E-state index contributed by atoms with van der Waals surface area (Å²) < 4.78 is 66.2. The van der Waals surface area contributed by atoms with Crippen LogP contribution in [0.4, 0.5) is 38.5 Å². The molecule has 0 aliphatic carbocycles. The standard InChI is InChI=1S/C30H30F2N6O2S.C2HF3O2/c1-5-37(30-36-27(26(15-33)41-30)18-6-8-19(31)9-7-18)24-14-23(17(2)3)35-28-21(24)12-20(13-22(28)32)38-11-10-34-16-25(38)29(39)40-4;3-2(4,5)1(6)7/h6-9,12-14,17,25,34H,5,10-11,16H2,1-4H3;(H,6,7). The smallest absolute Gasteiger partial charge is 0.475 e. The van der Waals surface area contributed by atoms with E-state index in [1.807, 2.05) is 42.7 Å². The molecule has 16 heteroatoms. The fraction of sp³-hybridized carbons (Fsp3) is 0.344. The van der Waals surface area contributed by atoms with Crippen LogP contribution in [-0.4, -0.2) is 72.5 Å². The molecule has 254 valence electrons. The van der Waals surface area contributed by atoms with Crippen LogP contribution < -0.4 is 15.1 Å². The fourth-order valence-corrected chi connectivity index (χ4v) is 5.99. The van der Waals surface area contributed by atoms with Gasteiger partial charge in [0.2, 0.25) is 0 Å². The zero-order valence-electron chi connectivity index (χ0n) is 26.2. The normalized spacial score (nSPS) is 14.7. The first-order valence-corrected chi connectivity index (χ1v) is 15.5. The van der Waals surface area contributed by atoms with Crippen LogP contribution in [-0.2, 0) is 14.3 Å². The van der Waals surface area contributed by atoms with Crippen molar-refractivity contribution in [1.82, 2.24) is 15.3 Å². The number of methoxy groups -OCH3 is 1. The number of nitriles is 1. The third-order valence-electron chi connectivity index (χ3n) is 7.40. The molecule has 1 atom stereocenters. The highest BCUT2D eigenvalue weighted by Gasteiger charge is 2.38. The molecule has 0 spiro atoms. The van der Waals surface area contributed by atoms with Gasteiger partial charge in [0.25, 0.3) is 0 Å². The largest absolute Gasteiger partial charge is 0.490 e. The minimum atomic E-state index is -5.08. The minimum absolute atomic E-state index is 0.0218. The first-order chi connectivity index (χ1) is 22.7. The number of carboxylic acids is 1. The minimum Gasteiger partial charge on any atom is -0.475 e. The van der Waals surface area contributed by atoms with Crippen LogP contribution in [0.15, 0.2) is 42.5 Å². The number of carbonyl (C=O) groups is 2. The molecule has 1 saturated heterocycles. The summed E-state index contributed by atoms with van der Waals surface area (Å²) in [6.07, 6.45) is -5.08. The van der Waals surface area contributed by atoms with Gasteiger partial charge in [0, 0.05) is 48.5 Å². The summed E-state index contributed by atoms with van der Waals surface area (Å²) in [6.45, 7) is 7.92. The van der Waals surface area contributed by atoms with Gasteiger partial charge < -0.3 is 25.0 Å². The molecule has 2 N–H and O–H groups in total. The van der Waals surface area contributed by atoms with Crippen LogP contribution >= 0.6 is 11.3 Å². The number of thiazole rings is 1. The monoisotopic (exact) mass is 690 g/mol. The molecule has 2 aromatic heterocycles. The molecule has 2 aromatic carbocycles. The number of nitrogens with zero attached hydrogens (tertiary/aromatic N) is 5. The van der Waals surface area contributed by atoms with Gasteiger partial charge in [-0.15, -0.1) is 0 Å². The lowest BCUT2D eigenvalue weighted by atomic mass is 10.0. The van der Waals surface area contributed by atoms with Crippen molar-refractivity contribution in [2.75, 3.05) is 43.1 Å². The molecule has 1 fully saturated rings. The van der Waals surface area contributed by atoms with Crippen molar-refractivity contribution >= 4 is 50.7 Å². The van der Waals surface area contributed by atoms with E-state index in [2.05, 4.69) is 16.4 Å². The van der Waals surface area contributed by atoms with E-state index in [0.29, 0.717) is 69.9 Å². The van der Waals surface area contributed by atoms with Crippen LogP contribution in [0.3, 0.4) is 0 Å². The highest BCUT2D eigenvalue weighted by molar-refractivity contribution is 7.16. The van der Waals surface area contributed by atoms with E-state index in [4.69, 9.17) is 19.6 Å². The quantitative estimate of drug-likeness (QED) is 0.167. The molecule has 5 rings (SSSR count). The van der Waals surface area contributed by atoms with E-state index >= 15 is 4.39 Å². The van der Waals surface area contributed by atoms with Crippen molar-refractivity contribution in [3.05, 3.63) is 64.7 Å². The number of halogens is 5. The average molecular weight is 691 g/mol. The van der Waals surface area contributed by atoms with Crippen LogP contribution in [0.5, 0.6) is 0 Å². The van der Waals surface area contributed by atoms with E-state index in [0.717, 1.165) is 0 Å². The summed E-state index contributed by atoms with van der Waals surface area (Å²) >= 11 is 1.22. The van der Waals surface area contributed by atoms with Gasteiger partial charge in [-0.25, -0.2) is 28.3 Å². The molecule has 1 unspecified atom stereocenters. The molecule has 48 heavy (non-hydrogen) atoms. The molecule has 0 amide bonds. The van der Waals surface area contributed by atoms with Crippen LogP contribution in [0.25, 0.3) is 22.2 Å². The zero-order chi connectivity index (χ0) is 35.3. The highest BCUT2D eigenvalue weighted by Crippen LogP contribution is 2.41. The number of hydrogen-bond donors (Lipinski definition) is 2. The van der Waals surface area contributed by atoms with Gasteiger partial charge in [-0.05, 0) is 55.3 Å². The molecule has 1 aliphatic rings. The van der Waals surface area contributed by atoms with E-state index < -0.39 is 30.0 Å². The number of esters is 1. The van der Waals surface area contributed by atoms with Gasteiger partial charge in [0.15, 0.2) is 10.9 Å². The molecule has 0 bridgehead atoms. The lowest BCUT2D eigenvalue weighted by Crippen LogP contribution is -2.55.